The van der Waals surface area contributed by atoms with Gasteiger partial charge < -0.3 is 24.3 Å². The van der Waals surface area contributed by atoms with Crippen LogP contribution in [-0.2, 0) is 19.1 Å². The van der Waals surface area contributed by atoms with E-state index in [4.69, 9.17) is 21.7 Å². The lowest BCUT2D eigenvalue weighted by Gasteiger charge is -2.23. The van der Waals surface area contributed by atoms with Crippen LogP contribution in [0.1, 0.15) is 0 Å². The average Bonchev–Trinajstić information content (AvgIpc) is 2.85. The van der Waals surface area contributed by atoms with E-state index in [-0.39, 0.29) is 11.3 Å². The number of fused-ring (bicyclic) bond motifs is 1. The van der Waals surface area contributed by atoms with Gasteiger partial charge in [0.15, 0.2) is 4.77 Å². The van der Waals surface area contributed by atoms with E-state index in [1.165, 1.54) is 20.3 Å². The van der Waals surface area contributed by atoms with Crippen molar-refractivity contribution >= 4 is 40.9 Å². The molecule has 2 heterocycles. The summed E-state index contributed by atoms with van der Waals surface area (Å²) in [4.78, 5) is 32.1. The number of anilines is 1. The molecule has 0 radical (unpaired) electrons. The number of benzene rings is 1. The lowest BCUT2D eigenvalue weighted by atomic mass is 10.1. The zero-order valence-corrected chi connectivity index (χ0v) is 14.3. The van der Waals surface area contributed by atoms with E-state index in [9.17, 15) is 9.59 Å². The second-order valence-electron chi connectivity index (χ2n) is 5.13. The molecule has 0 saturated carbocycles. The number of nitrogens with zero attached hydrogens (tertiary/aromatic N) is 1. The van der Waals surface area contributed by atoms with Crippen molar-refractivity contribution in [2.75, 3.05) is 19.1 Å². The van der Waals surface area contributed by atoms with Crippen LogP contribution in [0, 0.1) is 4.77 Å². The molecule has 0 amide bonds. The van der Waals surface area contributed by atoms with Gasteiger partial charge in [0.2, 0.25) is 0 Å². The Kier molecular flexibility index (Phi) is 4.53. The van der Waals surface area contributed by atoms with Gasteiger partial charge in [0.05, 0.1) is 30.8 Å². The molecule has 2 N–H and O–H groups in total. The van der Waals surface area contributed by atoms with Gasteiger partial charge in [-0.1, -0.05) is 6.08 Å². The van der Waals surface area contributed by atoms with Crippen LogP contribution in [0.25, 0.3) is 11.0 Å². The first-order valence-electron chi connectivity index (χ1n) is 7.32. The number of carbonyl (C=O) groups is 2. The molecular formula is C17H15N3O4S. The third-order valence-corrected chi connectivity index (χ3v) is 3.87. The van der Waals surface area contributed by atoms with Gasteiger partial charge in [-0.15, -0.1) is 0 Å². The van der Waals surface area contributed by atoms with E-state index in [1.54, 1.807) is 29.3 Å². The molecule has 1 aromatic heterocycles. The molecule has 0 aliphatic carbocycles. The number of H-pyrrole nitrogens is 2. The number of nitrogens with one attached hydrogen (secondary N) is 2. The molecular weight excluding hydrogens is 342 g/mol. The van der Waals surface area contributed by atoms with Crippen LogP contribution in [0.3, 0.4) is 0 Å². The number of aromatic amines is 2. The SMILES string of the molecule is COC(=O)C1=C(C(=O)OC)N(c2ccc3[nH]c(=S)[nH]c3c2)C=CC=C1. The minimum absolute atomic E-state index is 0.0628. The van der Waals surface area contributed by atoms with Crippen molar-refractivity contribution in [3.8, 4) is 0 Å². The Morgan fingerprint density at radius 3 is 2.48 bits per heavy atom. The number of hydrogen-bond acceptors (Lipinski definition) is 6. The highest BCUT2D eigenvalue weighted by atomic mass is 32.1. The van der Waals surface area contributed by atoms with Crippen molar-refractivity contribution in [2.24, 2.45) is 0 Å². The van der Waals surface area contributed by atoms with Crippen LogP contribution < -0.4 is 4.90 Å². The Morgan fingerprint density at radius 1 is 1.04 bits per heavy atom. The molecule has 1 aromatic carbocycles. The maximum atomic E-state index is 12.4. The first-order chi connectivity index (χ1) is 12.0. The fourth-order valence-corrected chi connectivity index (χ4v) is 2.76. The highest BCUT2D eigenvalue weighted by Crippen LogP contribution is 2.28. The van der Waals surface area contributed by atoms with E-state index < -0.39 is 11.9 Å². The van der Waals surface area contributed by atoms with Crippen LogP contribution in [-0.4, -0.2) is 36.1 Å². The normalized spacial score (nSPS) is 13.9. The summed E-state index contributed by atoms with van der Waals surface area (Å²) in [7, 11) is 2.51. The van der Waals surface area contributed by atoms with Crippen molar-refractivity contribution in [2.45, 2.75) is 0 Å². The van der Waals surface area contributed by atoms with Gasteiger partial charge >= 0.3 is 11.9 Å². The summed E-state index contributed by atoms with van der Waals surface area (Å²) in [6.45, 7) is 0. The zero-order chi connectivity index (χ0) is 18.0. The minimum atomic E-state index is -0.654. The Bertz CT molecular complexity index is 997. The van der Waals surface area contributed by atoms with E-state index in [0.29, 0.717) is 10.5 Å². The standard InChI is InChI=1S/C17H15N3O4S/c1-23-15(21)11-5-3-4-8-20(14(11)16(22)24-2)10-6-7-12-13(9-10)19-17(25)18-12/h3-9H,1-2H3,(H2,18,19,25). The van der Waals surface area contributed by atoms with Crippen LogP contribution in [0.2, 0.25) is 0 Å². The predicted octanol–water partition coefficient (Wildman–Crippen LogP) is 2.72. The van der Waals surface area contributed by atoms with Crippen molar-refractivity contribution in [1.29, 1.82) is 0 Å². The van der Waals surface area contributed by atoms with Gasteiger partial charge in [-0.25, -0.2) is 9.59 Å². The predicted molar refractivity (Wildman–Crippen MR) is 95.3 cm³/mol. The average molecular weight is 357 g/mol. The van der Waals surface area contributed by atoms with Gasteiger partial charge in [-0.05, 0) is 42.6 Å². The summed E-state index contributed by atoms with van der Waals surface area (Å²) in [6, 6.07) is 5.44. The summed E-state index contributed by atoms with van der Waals surface area (Å²) in [6.07, 6.45) is 6.54. The van der Waals surface area contributed by atoms with E-state index in [0.717, 1.165) is 11.0 Å². The second kappa shape index (κ2) is 6.78. The molecule has 2 aromatic rings. The second-order valence-corrected chi connectivity index (χ2v) is 5.53. The third-order valence-electron chi connectivity index (χ3n) is 3.67. The van der Waals surface area contributed by atoms with E-state index in [2.05, 4.69) is 9.97 Å². The van der Waals surface area contributed by atoms with Crippen molar-refractivity contribution in [1.82, 2.24) is 9.97 Å². The highest BCUT2D eigenvalue weighted by molar-refractivity contribution is 7.71. The van der Waals surface area contributed by atoms with Gasteiger partial charge in [-0.2, -0.15) is 0 Å². The number of carbonyl (C=O) groups excluding carboxylic acids is 2. The summed E-state index contributed by atoms with van der Waals surface area (Å²) in [5.41, 5.74) is 2.42. The molecule has 0 bridgehead atoms. The summed E-state index contributed by atoms with van der Waals surface area (Å²) in [5.74, 6) is -1.29. The Hall–Kier alpha value is -3.13. The molecule has 0 fully saturated rings. The Balaban J connectivity index is 2.20. The maximum Gasteiger partial charge on any atom is 0.355 e. The number of esters is 2. The third kappa shape index (κ3) is 3.11. The Morgan fingerprint density at radius 2 is 1.76 bits per heavy atom. The molecule has 128 valence electrons. The quantitative estimate of drug-likeness (QED) is 0.649. The number of rotatable bonds is 3. The summed E-state index contributed by atoms with van der Waals surface area (Å²) < 4.78 is 10.2. The number of imidazole rings is 1. The van der Waals surface area contributed by atoms with Gasteiger partial charge in [0.25, 0.3) is 0 Å². The number of hydrogen-bond donors (Lipinski definition) is 2. The first-order valence-corrected chi connectivity index (χ1v) is 7.73. The Labute approximate surface area is 148 Å². The highest BCUT2D eigenvalue weighted by Gasteiger charge is 2.27. The fourth-order valence-electron chi connectivity index (χ4n) is 2.54. The molecule has 8 heteroatoms. The van der Waals surface area contributed by atoms with E-state index >= 15 is 0 Å². The smallest absolute Gasteiger partial charge is 0.355 e. The minimum Gasteiger partial charge on any atom is -0.465 e. The van der Waals surface area contributed by atoms with Crippen LogP contribution >= 0.6 is 12.2 Å². The molecule has 1 aliphatic rings. The van der Waals surface area contributed by atoms with Crippen LogP contribution in [0.15, 0.2) is 53.9 Å². The topological polar surface area (TPSA) is 87.4 Å². The van der Waals surface area contributed by atoms with Gasteiger partial charge in [0.1, 0.15) is 5.70 Å². The first kappa shape index (κ1) is 16.7. The molecule has 0 saturated heterocycles. The number of ether oxygens (including phenoxy) is 2. The molecule has 7 nitrogen and oxygen atoms in total. The maximum absolute atomic E-state index is 12.4. The molecule has 0 spiro atoms. The van der Waals surface area contributed by atoms with Crippen molar-refractivity contribution in [3.63, 3.8) is 0 Å². The number of methoxy groups -OCH3 is 2. The largest absolute Gasteiger partial charge is 0.465 e. The molecule has 0 unspecified atom stereocenters. The summed E-state index contributed by atoms with van der Waals surface area (Å²) in [5, 5.41) is 0. The van der Waals surface area contributed by atoms with Crippen LogP contribution in [0.5, 0.6) is 0 Å². The monoisotopic (exact) mass is 357 g/mol. The van der Waals surface area contributed by atoms with Crippen molar-refractivity contribution in [3.05, 3.63) is 58.7 Å². The number of aromatic nitrogens is 2. The number of allylic oxidation sites excluding steroid dienone is 2. The van der Waals surface area contributed by atoms with E-state index in [1.807, 2.05) is 12.1 Å². The fraction of sp³-hybridized carbons (Fsp3) is 0.118. The van der Waals surface area contributed by atoms with Gasteiger partial charge in [-0.3, -0.25) is 0 Å². The lowest BCUT2D eigenvalue weighted by molar-refractivity contribution is -0.139. The molecule has 25 heavy (non-hydrogen) atoms. The van der Waals surface area contributed by atoms with Crippen LogP contribution in [0.4, 0.5) is 5.69 Å². The summed E-state index contributed by atoms with van der Waals surface area (Å²) >= 11 is 5.09. The molecule has 0 atom stereocenters. The zero-order valence-electron chi connectivity index (χ0n) is 13.5. The van der Waals surface area contributed by atoms with Gasteiger partial charge in [0, 0.05) is 11.9 Å². The lowest BCUT2D eigenvalue weighted by Crippen LogP contribution is -2.26. The molecule has 1 aliphatic heterocycles. The molecule has 3 rings (SSSR count). The van der Waals surface area contributed by atoms with Crippen molar-refractivity contribution < 1.29 is 19.1 Å².